The van der Waals surface area contributed by atoms with E-state index in [2.05, 4.69) is 91.0 Å². The quantitative estimate of drug-likeness (QED) is 0.151. The van der Waals surface area contributed by atoms with Gasteiger partial charge in [-0.25, -0.2) is 0 Å². The molecule has 0 aromatic heterocycles. The molecule has 0 atom stereocenters. The molecular formula is C18H15AuB3F12P. The average Bonchev–Trinajstić information content (AvgIpc) is 2.67. The molecule has 0 saturated heterocycles. The second-order valence-corrected chi connectivity index (χ2v) is 8.05. The maximum atomic E-state index is 9.75. The molecule has 0 aliphatic carbocycles. The maximum absolute atomic E-state index is 9.75. The third-order valence-electron chi connectivity index (χ3n) is 3.04. The van der Waals surface area contributed by atoms with Gasteiger partial charge in [-0.15, -0.1) is 0 Å². The number of hydrogen-bond donors (Lipinski definition) is 0. The Hall–Kier alpha value is -1.81. The standard InChI is InChI=1S/C18H15P.Au.3BF4/c1-4-10-16(11-5-1)19(17-12-6-2-7-13-17)18-14-8-3-9-15-18;;3*2-1(3,4)5/h1-15H;;;;/q;+3;3*-1. The van der Waals surface area contributed by atoms with Crippen LogP contribution in [0.4, 0.5) is 51.8 Å². The van der Waals surface area contributed by atoms with E-state index < -0.39 is 29.7 Å². The zero-order valence-electron chi connectivity index (χ0n) is 17.2. The topological polar surface area (TPSA) is 0 Å². The van der Waals surface area contributed by atoms with Crippen LogP contribution in [0.5, 0.6) is 0 Å². The van der Waals surface area contributed by atoms with E-state index in [9.17, 15) is 51.8 Å². The smallest absolute Gasteiger partial charge is 0.418 e. The molecule has 196 valence electrons. The van der Waals surface area contributed by atoms with Crippen LogP contribution in [0, 0.1) is 0 Å². The Balaban J connectivity index is 0. The fourth-order valence-electron chi connectivity index (χ4n) is 2.18. The van der Waals surface area contributed by atoms with Gasteiger partial charge >= 0.3 is 44.1 Å². The average molecular weight is 720 g/mol. The summed E-state index contributed by atoms with van der Waals surface area (Å²) in [5, 5.41) is 4.19. The normalized spacial score (nSPS) is 10.9. The molecular weight excluding hydrogens is 705 g/mol. The Morgan fingerprint density at radius 1 is 0.343 bits per heavy atom. The van der Waals surface area contributed by atoms with Crippen molar-refractivity contribution < 1.29 is 74.2 Å². The Bertz CT molecular complexity index is 771. The van der Waals surface area contributed by atoms with Gasteiger partial charge in [0.1, 0.15) is 0 Å². The van der Waals surface area contributed by atoms with Crippen LogP contribution in [0.3, 0.4) is 0 Å². The molecule has 0 aliphatic heterocycles. The van der Waals surface area contributed by atoms with Crippen molar-refractivity contribution in [3.05, 3.63) is 91.0 Å². The minimum absolute atomic E-state index is 0. The SMILES string of the molecule is F[B-](F)(F)F.F[B-](F)(F)F.F[B-](F)(F)F.[Au+3].c1ccc(P(c2ccccc2)c2ccccc2)cc1. The van der Waals surface area contributed by atoms with Crippen molar-refractivity contribution >= 4 is 45.6 Å². The predicted octanol–water partition coefficient (Wildman–Crippen LogP) is 7.34. The maximum Gasteiger partial charge on any atom is 3.00 e. The van der Waals surface area contributed by atoms with Crippen molar-refractivity contribution in [1.29, 1.82) is 0 Å². The number of halogens is 12. The van der Waals surface area contributed by atoms with E-state index in [4.69, 9.17) is 0 Å². The molecule has 3 aromatic carbocycles. The van der Waals surface area contributed by atoms with E-state index in [0.717, 1.165) is 0 Å². The molecule has 0 unspecified atom stereocenters. The van der Waals surface area contributed by atoms with Gasteiger partial charge in [0.05, 0.1) is 0 Å². The summed E-state index contributed by atoms with van der Waals surface area (Å²) in [5.74, 6) is 0. The van der Waals surface area contributed by atoms with Crippen LogP contribution >= 0.6 is 7.92 Å². The van der Waals surface area contributed by atoms with Crippen LogP contribution in [0.15, 0.2) is 91.0 Å². The Labute approximate surface area is 210 Å². The van der Waals surface area contributed by atoms with Gasteiger partial charge in [0, 0.05) is 0 Å². The summed E-state index contributed by atoms with van der Waals surface area (Å²) in [5.41, 5.74) is 0. The Morgan fingerprint density at radius 3 is 0.629 bits per heavy atom. The molecule has 0 nitrogen and oxygen atoms in total. The van der Waals surface area contributed by atoms with E-state index in [1.54, 1.807) is 0 Å². The molecule has 35 heavy (non-hydrogen) atoms. The third-order valence-corrected chi connectivity index (χ3v) is 5.49. The van der Waals surface area contributed by atoms with E-state index in [1.807, 2.05) is 0 Å². The van der Waals surface area contributed by atoms with Crippen molar-refractivity contribution in [2.24, 2.45) is 0 Å². The summed E-state index contributed by atoms with van der Waals surface area (Å²) >= 11 is 0. The van der Waals surface area contributed by atoms with Crippen molar-refractivity contribution in [2.45, 2.75) is 0 Å². The van der Waals surface area contributed by atoms with Crippen LogP contribution < -0.4 is 15.9 Å². The summed E-state index contributed by atoms with van der Waals surface area (Å²) in [6, 6.07) is 32.3. The first-order valence-electron chi connectivity index (χ1n) is 9.02. The minimum Gasteiger partial charge on any atom is -0.418 e. The fourth-order valence-corrected chi connectivity index (χ4v) is 4.48. The Kier molecular flexibility index (Phi) is 17.0. The van der Waals surface area contributed by atoms with Gasteiger partial charge in [-0.3, -0.25) is 0 Å². The summed E-state index contributed by atoms with van der Waals surface area (Å²) < 4.78 is 117. The molecule has 0 amide bonds. The first kappa shape index (κ1) is 35.3. The van der Waals surface area contributed by atoms with E-state index in [1.165, 1.54) is 15.9 Å². The van der Waals surface area contributed by atoms with Crippen molar-refractivity contribution in [3.63, 3.8) is 0 Å². The van der Waals surface area contributed by atoms with Gasteiger partial charge in [0.15, 0.2) is 0 Å². The van der Waals surface area contributed by atoms with Gasteiger partial charge in [-0.2, -0.15) is 0 Å². The molecule has 0 aliphatic rings. The molecule has 0 fully saturated rings. The van der Waals surface area contributed by atoms with Crippen molar-refractivity contribution in [2.75, 3.05) is 0 Å². The van der Waals surface area contributed by atoms with E-state index in [0.29, 0.717) is 0 Å². The van der Waals surface area contributed by atoms with Gasteiger partial charge < -0.3 is 51.8 Å². The zero-order chi connectivity index (χ0) is 26.4. The van der Waals surface area contributed by atoms with Crippen molar-refractivity contribution in [1.82, 2.24) is 0 Å². The summed E-state index contributed by atoms with van der Waals surface area (Å²) in [4.78, 5) is 0. The monoisotopic (exact) mass is 720 g/mol. The summed E-state index contributed by atoms with van der Waals surface area (Å²) in [7, 11) is -18.4. The second-order valence-electron chi connectivity index (χ2n) is 5.83. The number of benzene rings is 3. The zero-order valence-corrected chi connectivity index (χ0v) is 20.2. The molecule has 0 heterocycles. The van der Waals surface area contributed by atoms with Gasteiger partial charge in [0.2, 0.25) is 0 Å². The van der Waals surface area contributed by atoms with Gasteiger partial charge in [-0.05, 0) is 23.8 Å². The fraction of sp³-hybridized carbons (Fsp3) is 0. The largest absolute Gasteiger partial charge is 3.00 e. The molecule has 17 heteroatoms. The van der Waals surface area contributed by atoms with Crippen LogP contribution in [0.2, 0.25) is 0 Å². The molecule has 0 bridgehead atoms. The van der Waals surface area contributed by atoms with Crippen LogP contribution in [-0.4, -0.2) is 21.8 Å². The number of rotatable bonds is 3. The predicted molar refractivity (Wildman–Crippen MR) is 116 cm³/mol. The second kappa shape index (κ2) is 16.8. The van der Waals surface area contributed by atoms with E-state index in [-0.39, 0.29) is 22.4 Å². The molecule has 0 saturated carbocycles. The molecule has 0 radical (unpaired) electrons. The minimum atomic E-state index is -6.00. The molecule has 3 aromatic rings. The molecule has 0 spiro atoms. The van der Waals surface area contributed by atoms with Gasteiger partial charge in [-0.1, -0.05) is 91.0 Å². The first-order valence-corrected chi connectivity index (χ1v) is 10.4. The van der Waals surface area contributed by atoms with Crippen molar-refractivity contribution in [3.8, 4) is 0 Å². The van der Waals surface area contributed by atoms with Gasteiger partial charge in [0.25, 0.3) is 0 Å². The molecule has 3 rings (SSSR count). The van der Waals surface area contributed by atoms with Crippen LogP contribution in [0.1, 0.15) is 0 Å². The first-order chi connectivity index (χ1) is 15.4. The number of hydrogen-bond acceptors (Lipinski definition) is 0. The van der Waals surface area contributed by atoms with E-state index >= 15 is 0 Å². The third kappa shape index (κ3) is 25.1. The molecule has 0 N–H and O–H groups in total. The summed E-state index contributed by atoms with van der Waals surface area (Å²) in [6.07, 6.45) is 0. The Morgan fingerprint density at radius 2 is 0.486 bits per heavy atom. The van der Waals surface area contributed by atoms with Crippen LogP contribution in [-0.2, 0) is 22.4 Å². The van der Waals surface area contributed by atoms with Crippen LogP contribution in [0.25, 0.3) is 0 Å². The summed E-state index contributed by atoms with van der Waals surface area (Å²) in [6.45, 7) is 0.